The highest BCUT2D eigenvalue weighted by Gasteiger charge is 2.20. The average Bonchev–Trinajstić information content (AvgIpc) is 2.29. The van der Waals surface area contributed by atoms with Crippen LogP contribution in [0.15, 0.2) is 23.1 Å². The molecule has 0 aliphatic carbocycles. The van der Waals surface area contributed by atoms with E-state index in [1.54, 1.807) is 0 Å². The molecule has 0 radical (unpaired) electrons. The van der Waals surface area contributed by atoms with Crippen molar-refractivity contribution in [2.75, 3.05) is 18.8 Å². The molecule has 0 amide bonds. The monoisotopic (exact) mass is 311 g/mol. The second-order valence-corrected chi connectivity index (χ2v) is 6.67. The number of nitrogens with one attached hydrogen (secondary N) is 1. The van der Waals surface area contributed by atoms with E-state index in [1.807, 2.05) is 6.92 Å². The molecule has 1 aromatic rings. The Hall–Kier alpha value is -0.330. The van der Waals surface area contributed by atoms with Gasteiger partial charge < -0.3 is 10.4 Å². The number of hydrogen-bond acceptors (Lipinski definition) is 4. The topological polar surface area (TPSA) is 66.4 Å². The Morgan fingerprint density at radius 3 is 2.56 bits per heavy atom. The Balaban J connectivity index is 2.83. The number of sulfone groups is 1. The smallest absolute Gasteiger partial charge is 0.181 e. The largest absolute Gasteiger partial charge is 0.391 e. The van der Waals surface area contributed by atoms with Crippen LogP contribution in [0.3, 0.4) is 0 Å². The molecule has 0 heterocycles. The van der Waals surface area contributed by atoms with Crippen molar-refractivity contribution in [3.63, 3.8) is 0 Å². The molecule has 0 aliphatic heterocycles. The highest BCUT2D eigenvalue weighted by molar-refractivity contribution is 7.91. The van der Waals surface area contributed by atoms with Crippen molar-refractivity contribution < 1.29 is 13.5 Å². The highest BCUT2D eigenvalue weighted by Crippen LogP contribution is 2.25. The first kappa shape index (κ1) is 15.7. The first-order valence-corrected chi connectivity index (χ1v) is 7.84. The van der Waals surface area contributed by atoms with Crippen LogP contribution >= 0.6 is 23.2 Å². The Morgan fingerprint density at radius 2 is 2.00 bits per heavy atom. The molecule has 0 aromatic heterocycles. The zero-order chi connectivity index (χ0) is 13.8. The van der Waals surface area contributed by atoms with E-state index in [2.05, 4.69) is 5.32 Å². The molecule has 1 unspecified atom stereocenters. The molecule has 0 fully saturated rings. The third-order valence-electron chi connectivity index (χ3n) is 2.29. The fraction of sp³-hybridized carbons (Fsp3) is 0.455. The van der Waals surface area contributed by atoms with Crippen molar-refractivity contribution in [3.8, 4) is 0 Å². The van der Waals surface area contributed by atoms with E-state index >= 15 is 0 Å². The lowest BCUT2D eigenvalue weighted by Gasteiger charge is -2.12. The molecule has 0 saturated carbocycles. The predicted octanol–water partition coefficient (Wildman–Crippen LogP) is 1.74. The number of benzene rings is 1. The molecule has 1 atom stereocenters. The molecule has 1 rings (SSSR count). The van der Waals surface area contributed by atoms with Gasteiger partial charge >= 0.3 is 0 Å². The lowest BCUT2D eigenvalue weighted by Crippen LogP contribution is -2.32. The minimum atomic E-state index is -3.56. The van der Waals surface area contributed by atoms with Crippen LogP contribution in [-0.4, -0.2) is 38.5 Å². The van der Waals surface area contributed by atoms with Crippen LogP contribution < -0.4 is 5.32 Å². The Kier molecular flexibility index (Phi) is 5.88. The van der Waals surface area contributed by atoms with Crippen LogP contribution in [0.25, 0.3) is 0 Å². The van der Waals surface area contributed by atoms with Gasteiger partial charge in [0.15, 0.2) is 9.84 Å². The van der Waals surface area contributed by atoms with E-state index in [-0.39, 0.29) is 22.2 Å². The molecule has 18 heavy (non-hydrogen) atoms. The summed E-state index contributed by atoms with van der Waals surface area (Å²) in [5.74, 6) is -0.349. The minimum Gasteiger partial charge on any atom is -0.391 e. The number of aliphatic hydroxyl groups excluding tert-OH is 1. The summed E-state index contributed by atoms with van der Waals surface area (Å²) in [5, 5.41) is 13.0. The fourth-order valence-electron chi connectivity index (χ4n) is 1.39. The Labute approximate surface area is 117 Å². The fourth-order valence-corrected chi connectivity index (χ4v) is 3.14. The highest BCUT2D eigenvalue weighted by atomic mass is 35.5. The molecule has 0 aliphatic rings. The first-order chi connectivity index (χ1) is 8.36. The molecular formula is C11H15Cl2NO3S. The summed E-state index contributed by atoms with van der Waals surface area (Å²) in [4.78, 5) is 0.0625. The summed E-state index contributed by atoms with van der Waals surface area (Å²) in [7, 11) is -3.56. The van der Waals surface area contributed by atoms with Gasteiger partial charge in [-0.2, -0.15) is 0 Å². The van der Waals surface area contributed by atoms with Gasteiger partial charge in [0.05, 0.1) is 26.8 Å². The van der Waals surface area contributed by atoms with Crippen LogP contribution in [0.4, 0.5) is 0 Å². The Morgan fingerprint density at radius 1 is 1.33 bits per heavy atom. The third kappa shape index (κ3) is 4.40. The predicted molar refractivity (Wildman–Crippen MR) is 73.1 cm³/mol. The van der Waals surface area contributed by atoms with E-state index in [9.17, 15) is 13.5 Å². The molecule has 0 spiro atoms. The number of aliphatic hydroxyl groups is 1. The summed E-state index contributed by atoms with van der Waals surface area (Å²) in [5.41, 5.74) is 0. The average molecular weight is 312 g/mol. The van der Waals surface area contributed by atoms with E-state index in [0.29, 0.717) is 11.6 Å². The summed E-state index contributed by atoms with van der Waals surface area (Å²) in [6.45, 7) is 2.78. The molecule has 0 bridgehead atoms. The number of hydrogen-bond donors (Lipinski definition) is 2. The summed E-state index contributed by atoms with van der Waals surface area (Å²) < 4.78 is 24.0. The zero-order valence-corrected chi connectivity index (χ0v) is 12.2. The van der Waals surface area contributed by atoms with Crippen LogP contribution in [0.5, 0.6) is 0 Å². The number of likely N-dealkylation sites (N-methyl/N-ethyl adjacent to an activating group) is 1. The minimum absolute atomic E-state index is 0.0625. The van der Waals surface area contributed by atoms with Gasteiger partial charge in [0.2, 0.25) is 0 Å². The van der Waals surface area contributed by atoms with E-state index in [0.717, 1.165) is 0 Å². The van der Waals surface area contributed by atoms with Gasteiger partial charge in [0.25, 0.3) is 0 Å². The van der Waals surface area contributed by atoms with Gasteiger partial charge in [-0.05, 0) is 24.7 Å². The standard InChI is InChI=1S/C11H15Cl2NO3S/c1-2-14-6-8(15)7-18(16,17)9-3-4-10(12)11(13)5-9/h3-5,8,14-15H,2,6-7H2,1H3. The second kappa shape index (κ2) is 6.73. The van der Waals surface area contributed by atoms with Crippen LogP contribution in [0.1, 0.15) is 6.92 Å². The van der Waals surface area contributed by atoms with E-state index < -0.39 is 15.9 Å². The van der Waals surface area contributed by atoms with Crippen LogP contribution in [0.2, 0.25) is 10.0 Å². The van der Waals surface area contributed by atoms with Gasteiger partial charge in [-0.25, -0.2) is 8.42 Å². The van der Waals surface area contributed by atoms with Crippen molar-refractivity contribution in [3.05, 3.63) is 28.2 Å². The molecule has 102 valence electrons. The quantitative estimate of drug-likeness (QED) is 0.840. The van der Waals surface area contributed by atoms with Gasteiger partial charge in [0.1, 0.15) is 0 Å². The van der Waals surface area contributed by atoms with E-state index in [1.165, 1.54) is 18.2 Å². The lowest BCUT2D eigenvalue weighted by molar-refractivity contribution is 0.194. The normalized spacial score (nSPS) is 13.6. The van der Waals surface area contributed by atoms with Crippen molar-refractivity contribution >= 4 is 33.0 Å². The molecular weight excluding hydrogens is 297 g/mol. The summed E-state index contributed by atoms with van der Waals surface area (Å²) in [6, 6.07) is 4.09. The van der Waals surface area contributed by atoms with Crippen molar-refractivity contribution in [1.82, 2.24) is 5.32 Å². The molecule has 2 N–H and O–H groups in total. The maximum absolute atomic E-state index is 12.0. The summed E-state index contributed by atoms with van der Waals surface area (Å²) >= 11 is 11.5. The molecule has 7 heteroatoms. The zero-order valence-electron chi connectivity index (χ0n) is 9.86. The molecule has 1 aromatic carbocycles. The maximum atomic E-state index is 12.0. The number of halogens is 2. The van der Waals surface area contributed by atoms with Gasteiger partial charge in [-0.1, -0.05) is 30.1 Å². The van der Waals surface area contributed by atoms with Gasteiger partial charge in [-0.15, -0.1) is 0 Å². The van der Waals surface area contributed by atoms with E-state index in [4.69, 9.17) is 23.2 Å². The first-order valence-electron chi connectivity index (χ1n) is 5.43. The van der Waals surface area contributed by atoms with Crippen LogP contribution in [0, 0.1) is 0 Å². The van der Waals surface area contributed by atoms with Crippen molar-refractivity contribution in [2.24, 2.45) is 0 Å². The second-order valence-electron chi connectivity index (χ2n) is 3.82. The Bertz CT molecular complexity index is 505. The van der Waals surface area contributed by atoms with Crippen molar-refractivity contribution in [1.29, 1.82) is 0 Å². The van der Waals surface area contributed by atoms with Crippen molar-refractivity contribution in [2.45, 2.75) is 17.9 Å². The SMILES string of the molecule is CCNCC(O)CS(=O)(=O)c1ccc(Cl)c(Cl)c1. The molecule has 0 saturated heterocycles. The summed E-state index contributed by atoms with van der Waals surface area (Å²) in [6.07, 6.45) is -0.954. The third-order valence-corrected chi connectivity index (χ3v) is 4.83. The lowest BCUT2D eigenvalue weighted by atomic mass is 10.4. The molecule has 4 nitrogen and oxygen atoms in total. The van der Waals surface area contributed by atoms with Gasteiger partial charge in [-0.3, -0.25) is 0 Å². The van der Waals surface area contributed by atoms with Gasteiger partial charge in [0, 0.05) is 6.54 Å². The maximum Gasteiger partial charge on any atom is 0.181 e. The van der Waals surface area contributed by atoms with Crippen LogP contribution in [-0.2, 0) is 9.84 Å². The number of rotatable bonds is 6.